The first-order valence-corrected chi connectivity index (χ1v) is 9.38. The first kappa shape index (κ1) is 18.5. The Bertz CT molecular complexity index is 705. The van der Waals surface area contributed by atoms with E-state index in [-0.39, 0.29) is 10.6 Å². The van der Waals surface area contributed by atoms with Crippen LogP contribution in [0.1, 0.15) is 33.1 Å². The standard InChI is InChI=1S/C15H24N4O4S/c1-15(2)9-11(10-19(15)14(20)21)5-4-8-17-12-6-3-7-13(18-12)24(16,22)23/h3,6-7,11H,4-5,8-10H2,1-2H3,(H,17,18)(H,20,21)(H2,16,22,23). The second-order valence-corrected chi connectivity index (χ2v) is 8.26. The van der Waals surface area contributed by atoms with E-state index in [2.05, 4.69) is 10.3 Å². The maximum absolute atomic E-state index is 11.3. The minimum atomic E-state index is -3.81. The zero-order chi connectivity index (χ0) is 18.0. The molecule has 1 aliphatic rings. The molecule has 9 heteroatoms. The van der Waals surface area contributed by atoms with Crippen LogP contribution < -0.4 is 10.5 Å². The van der Waals surface area contributed by atoms with Gasteiger partial charge in [0, 0.05) is 18.6 Å². The highest BCUT2D eigenvalue weighted by Gasteiger charge is 2.40. The maximum atomic E-state index is 11.3. The summed E-state index contributed by atoms with van der Waals surface area (Å²) in [7, 11) is -3.81. The van der Waals surface area contributed by atoms with Crippen LogP contribution in [0.4, 0.5) is 10.6 Å². The highest BCUT2D eigenvalue weighted by Crippen LogP contribution is 2.34. The Labute approximate surface area is 142 Å². The van der Waals surface area contributed by atoms with Crippen LogP contribution in [0, 0.1) is 5.92 Å². The van der Waals surface area contributed by atoms with Gasteiger partial charge in [0.15, 0.2) is 5.03 Å². The summed E-state index contributed by atoms with van der Waals surface area (Å²) < 4.78 is 22.5. The summed E-state index contributed by atoms with van der Waals surface area (Å²) in [6, 6.07) is 4.61. The number of nitrogens with two attached hydrogens (primary N) is 1. The molecule has 1 amide bonds. The number of aromatic nitrogens is 1. The average Bonchev–Trinajstić information content (AvgIpc) is 2.78. The molecule has 2 heterocycles. The van der Waals surface area contributed by atoms with E-state index in [1.807, 2.05) is 13.8 Å². The first-order chi connectivity index (χ1) is 11.1. The maximum Gasteiger partial charge on any atom is 0.407 e. The molecule has 134 valence electrons. The molecular formula is C15H24N4O4S. The lowest BCUT2D eigenvalue weighted by molar-refractivity contribution is 0.117. The van der Waals surface area contributed by atoms with Crippen LogP contribution in [-0.2, 0) is 10.0 Å². The van der Waals surface area contributed by atoms with Crippen molar-refractivity contribution >= 4 is 21.9 Å². The number of amides is 1. The summed E-state index contributed by atoms with van der Waals surface area (Å²) in [5.41, 5.74) is -0.324. The van der Waals surface area contributed by atoms with Gasteiger partial charge in [0.2, 0.25) is 0 Å². The van der Waals surface area contributed by atoms with Crippen molar-refractivity contribution < 1.29 is 18.3 Å². The quantitative estimate of drug-likeness (QED) is 0.666. The van der Waals surface area contributed by atoms with Crippen molar-refractivity contribution in [3.8, 4) is 0 Å². The molecule has 0 aromatic carbocycles. The van der Waals surface area contributed by atoms with Gasteiger partial charge in [-0.3, -0.25) is 0 Å². The van der Waals surface area contributed by atoms with Gasteiger partial charge in [0.25, 0.3) is 10.0 Å². The van der Waals surface area contributed by atoms with Gasteiger partial charge in [-0.15, -0.1) is 0 Å². The van der Waals surface area contributed by atoms with Gasteiger partial charge in [0.1, 0.15) is 5.82 Å². The largest absolute Gasteiger partial charge is 0.465 e. The molecule has 0 spiro atoms. The third kappa shape index (κ3) is 4.57. The Morgan fingerprint density at radius 3 is 2.79 bits per heavy atom. The molecule has 0 bridgehead atoms. The Kier molecular flexibility index (Phi) is 5.34. The number of sulfonamides is 1. The molecule has 1 aliphatic heterocycles. The lowest BCUT2D eigenvalue weighted by Crippen LogP contribution is -2.41. The van der Waals surface area contributed by atoms with Gasteiger partial charge in [-0.1, -0.05) is 6.07 Å². The smallest absolute Gasteiger partial charge is 0.407 e. The number of rotatable bonds is 6. The van der Waals surface area contributed by atoms with Crippen LogP contribution in [0.2, 0.25) is 0 Å². The number of carbonyl (C=O) groups is 1. The fourth-order valence-electron chi connectivity index (χ4n) is 3.20. The van der Waals surface area contributed by atoms with Crippen molar-refractivity contribution in [1.82, 2.24) is 9.88 Å². The van der Waals surface area contributed by atoms with Gasteiger partial charge >= 0.3 is 6.09 Å². The zero-order valence-corrected chi connectivity index (χ0v) is 14.7. The molecule has 1 saturated heterocycles. The predicted molar refractivity (Wildman–Crippen MR) is 90.3 cm³/mol. The summed E-state index contributed by atoms with van der Waals surface area (Å²) in [5.74, 6) is 0.794. The lowest BCUT2D eigenvalue weighted by Gasteiger charge is -2.28. The molecule has 1 atom stereocenters. The van der Waals surface area contributed by atoms with Crippen LogP contribution >= 0.6 is 0 Å². The molecule has 1 unspecified atom stereocenters. The number of primary sulfonamides is 1. The fourth-order valence-corrected chi connectivity index (χ4v) is 3.69. The van der Waals surface area contributed by atoms with Crippen molar-refractivity contribution in [3.63, 3.8) is 0 Å². The molecule has 8 nitrogen and oxygen atoms in total. The monoisotopic (exact) mass is 356 g/mol. The normalized spacial score (nSPS) is 20.1. The van der Waals surface area contributed by atoms with Crippen molar-refractivity contribution in [2.75, 3.05) is 18.4 Å². The number of likely N-dealkylation sites (tertiary alicyclic amines) is 1. The van der Waals surface area contributed by atoms with Crippen LogP contribution in [0.5, 0.6) is 0 Å². The number of nitrogens with zero attached hydrogens (tertiary/aromatic N) is 2. The number of carboxylic acid groups (broad SMARTS) is 1. The van der Waals surface area contributed by atoms with E-state index >= 15 is 0 Å². The molecule has 0 aliphatic carbocycles. The summed E-state index contributed by atoms with van der Waals surface area (Å²) >= 11 is 0. The topological polar surface area (TPSA) is 126 Å². The summed E-state index contributed by atoms with van der Waals surface area (Å²) in [6.07, 6.45) is 1.72. The lowest BCUT2D eigenvalue weighted by atomic mass is 9.93. The summed E-state index contributed by atoms with van der Waals surface area (Å²) in [6.45, 7) is 5.08. The zero-order valence-electron chi connectivity index (χ0n) is 13.9. The highest BCUT2D eigenvalue weighted by atomic mass is 32.2. The van der Waals surface area contributed by atoms with E-state index in [9.17, 15) is 18.3 Å². The molecule has 4 N–H and O–H groups in total. The SMILES string of the molecule is CC1(C)CC(CCCNc2cccc(S(N)(=O)=O)n2)CN1C(=O)O. The second kappa shape index (κ2) is 6.94. The predicted octanol–water partition coefficient (Wildman–Crippen LogP) is 1.70. The van der Waals surface area contributed by atoms with Crippen molar-refractivity contribution in [3.05, 3.63) is 18.2 Å². The summed E-state index contributed by atoms with van der Waals surface area (Å²) in [5, 5.41) is 17.2. The van der Waals surface area contributed by atoms with Crippen LogP contribution in [-0.4, -0.2) is 48.1 Å². The van der Waals surface area contributed by atoms with Crippen molar-refractivity contribution in [2.24, 2.45) is 11.1 Å². The Balaban J connectivity index is 1.81. The van der Waals surface area contributed by atoms with Gasteiger partial charge in [-0.25, -0.2) is 23.3 Å². The van der Waals surface area contributed by atoms with E-state index in [0.29, 0.717) is 24.8 Å². The van der Waals surface area contributed by atoms with E-state index < -0.39 is 16.1 Å². The van der Waals surface area contributed by atoms with E-state index in [1.54, 1.807) is 12.1 Å². The van der Waals surface area contributed by atoms with Gasteiger partial charge < -0.3 is 15.3 Å². The minimum Gasteiger partial charge on any atom is -0.465 e. The molecular weight excluding hydrogens is 332 g/mol. The van der Waals surface area contributed by atoms with Crippen LogP contribution in [0.3, 0.4) is 0 Å². The number of pyridine rings is 1. The first-order valence-electron chi connectivity index (χ1n) is 7.84. The molecule has 1 fully saturated rings. The Morgan fingerprint density at radius 1 is 1.50 bits per heavy atom. The third-order valence-corrected chi connectivity index (χ3v) is 5.11. The van der Waals surface area contributed by atoms with Crippen LogP contribution in [0.15, 0.2) is 23.2 Å². The van der Waals surface area contributed by atoms with Gasteiger partial charge in [-0.05, 0) is 51.2 Å². The number of hydrogen-bond donors (Lipinski definition) is 3. The van der Waals surface area contributed by atoms with Gasteiger partial charge in [-0.2, -0.15) is 0 Å². The number of anilines is 1. The highest BCUT2D eigenvalue weighted by molar-refractivity contribution is 7.89. The number of hydrogen-bond acceptors (Lipinski definition) is 5. The van der Waals surface area contributed by atoms with E-state index in [0.717, 1.165) is 19.3 Å². The average molecular weight is 356 g/mol. The summed E-state index contributed by atoms with van der Waals surface area (Å²) in [4.78, 5) is 16.7. The minimum absolute atomic E-state index is 0.165. The molecule has 0 radical (unpaired) electrons. The van der Waals surface area contributed by atoms with E-state index in [4.69, 9.17) is 5.14 Å². The van der Waals surface area contributed by atoms with Gasteiger partial charge in [0.05, 0.1) is 0 Å². The number of nitrogens with one attached hydrogen (secondary N) is 1. The molecule has 1 aromatic rings. The van der Waals surface area contributed by atoms with E-state index in [1.165, 1.54) is 11.0 Å². The Morgan fingerprint density at radius 2 is 2.21 bits per heavy atom. The molecule has 24 heavy (non-hydrogen) atoms. The molecule has 0 saturated carbocycles. The fraction of sp³-hybridized carbons (Fsp3) is 0.600. The molecule has 2 rings (SSSR count). The molecule has 1 aromatic heterocycles. The van der Waals surface area contributed by atoms with Crippen molar-refractivity contribution in [1.29, 1.82) is 0 Å². The second-order valence-electron chi connectivity index (χ2n) is 6.75. The third-order valence-electron chi connectivity index (χ3n) is 4.30. The Hall–Kier alpha value is -1.87. The van der Waals surface area contributed by atoms with Crippen LogP contribution in [0.25, 0.3) is 0 Å². The van der Waals surface area contributed by atoms with Crippen molar-refractivity contribution in [2.45, 2.75) is 43.7 Å².